The van der Waals surface area contributed by atoms with Crippen LogP contribution in [-0.2, 0) is 23.8 Å². The molecule has 0 aliphatic heterocycles. The highest BCUT2D eigenvalue weighted by atomic mass is 16.6. The molecule has 0 spiro atoms. The highest BCUT2D eigenvalue weighted by molar-refractivity contribution is 5.70. The van der Waals surface area contributed by atoms with Crippen molar-refractivity contribution >= 4 is 11.9 Å². The normalized spacial score (nSPS) is 12.2. The van der Waals surface area contributed by atoms with Crippen molar-refractivity contribution in [3.05, 3.63) is 24.3 Å². The van der Waals surface area contributed by atoms with Crippen molar-refractivity contribution < 1.29 is 23.8 Å². The van der Waals surface area contributed by atoms with Gasteiger partial charge in [-0.2, -0.15) is 0 Å². The van der Waals surface area contributed by atoms with E-state index in [-0.39, 0.29) is 18.5 Å². The van der Waals surface area contributed by atoms with E-state index in [1.165, 1.54) is 250 Å². The van der Waals surface area contributed by atoms with E-state index in [1.807, 2.05) is 0 Å². The Balaban J connectivity index is 4.21. The second-order valence-corrected chi connectivity index (χ2v) is 20.3. The number of carbonyl (C=O) groups is 2. The predicted octanol–water partition coefficient (Wildman–Crippen LogP) is 20.4. The molecule has 0 aliphatic carbocycles. The summed E-state index contributed by atoms with van der Waals surface area (Å²) in [6.45, 7) is 7.88. The standard InChI is InChI=1S/C61H116O5/c1-4-7-10-13-16-19-22-25-28-29-30-31-32-35-38-41-44-47-50-53-56-64-57-59(66-61(63)55-52-49-46-43-40-37-34-27-24-21-18-15-12-9-6-3)58-65-60(62)54-51-48-45-42-39-36-33-26-23-20-17-14-11-8-5-2/h25-26,28,33,59H,4-24,27,29-32,34-58H2,1-3H3/b28-25-,33-26-. The monoisotopic (exact) mass is 929 g/mol. The maximum atomic E-state index is 12.9. The molecule has 0 heterocycles. The Labute approximate surface area is 413 Å². The highest BCUT2D eigenvalue weighted by Crippen LogP contribution is 2.17. The van der Waals surface area contributed by atoms with Crippen LogP contribution in [-0.4, -0.2) is 37.9 Å². The minimum Gasteiger partial charge on any atom is -0.462 e. The van der Waals surface area contributed by atoms with Crippen LogP contribution in [0.5, 0.6) is 0 Å². The molecule has 66 heavy (non-hydrogen) atoms. The van der Waals surface area contributed by atoms with Gasteiger partial charge in [0.2, 0.25) is 0 Å². The van der Waals surface area contributed by atoms with Gasteiger partial charge >= 0.3 is 11.9 Å². The van der Waals surface area contributed by atoms with Crippen LogP contribution in [0.3, 0.4) is 0 Å². The van der Waals surface area contributed by atoms with Crippen molar-refractivity contribution in [3.63, 3.8) is 0 Å². The maximum Gasteiger partial charge on any atom is 0.306 e. The first-order chi connectivity index (χ1) is 32.6. The quantitative estimate of drug-likeness (QED) is 0.0345. The number of ether oxygens (including phenoxy) is 3. The average Bonchev–Trinajstić information content (AvgIpc) is 3.32. The zero-order valence-electron chi connectivity index (χ0n) is 45.0. The summed E-state index contributed by atoms with van der Waals surface area (Å²) in [7, 11) is 0. The van der Waals surface area contributed by atoms with Gasteiger partial charge in [-0.25, -0.2) is 0 Å². The van der Waals surface area contributed by atoms with E-state index < -0.39 is 6.10 Å². The van der Waals surface area contributed by atoms with E-state index in [0.29, 0.717) is 26.1 Å². The summed E-state index contributed by atoms with van der Waals surface area (Å²) < 4.78 is 17.5. The Bertz CT molecular complexity index is 1010. The summed E-state index contributed by atoms with van der Waals surface area (Å²) in [5.74, 6) is -0.385. The second-order valence-electron chi connectivity index (χ2n) is 20.3. The van der Waals surface area contributed by atoms with Crippen LogP contribution < -0.4 is 0 Å². The number of unbranched alkanes of at least 4 members (excludes halogenated alkanes) is 41. The molecule has 0 N–H and O–H groups in total. The first-order valence-corrected chi connectivity index (χ1v) is 29.9. The van der Waals surface area contributed by atoms with Crippen LogP contribution in [0.25, 0.3) is 0 Å². The minimum absolute atomic E-state index is 0.0878. The van der Waals surface area contributed by atoms with Crippen molar-refractivity contribution in [2.45, 2.75) is 335 Å². The lowest BCUT2D eigenvalue weighted by Crippen LogP contribution is -2.30. The fourth-order valence-electron chi connectivity index (χ4n) is 8.97. The van der Waals surface area contributed by atoms with Crippen LogP contribution in [0, 0.1) is 0 Å². The number of hydrogen-bond acceptors (Lipinski definition) is 5. The van der Waals surface area contributed by atoms with E-state index >= 15 is 0 Å². The van der Waals surface area contributed by atoms with Gasteiger partial charge in [-0.15, -0.1) is 0 Å². The smallest absolute Gasteiger partial charge is 0.306 e. The van der Waals surface area contributed by atoms with Gasteiger partial charge in [0.15, 0.2) is 6.10 Å². The van der Waals surface area contributed by atoms with E-state index in [0.717, 1.165) is 44.9 Å². The van der Waals surface area contributed by atoms with Gasteiger partial charge in [-0.1, -0.05) is 270 Å². The Morgan fingerprint density at radius 2 is 0.591 bits per heavy atom. The molecule has 5 heteroatoms. The lowest BCUT2D eigenvalue weighted by molar-refractivity contribution is -0.163. The van der Waals surface area contributed by atoms with Crippen molar-refractivity contribution in [2.24, 2.45) is 0 Å². The van der Waals surface area contributed by atoms with Crippen LogP contribution in [0.2, 0.25) is 0 Å². The molecule has 0 saturated heterocycles. The lowest BCUT2D eigenvalue weighted by atomic mass is 10.0. The summed E-state index contributed by atoms with van der Waals surface area (Å²) in [5.41, 5.74) is 0. The molecule has 0 radical (unpaired) electrons. The third kappa shape index (κ3) is 55.0. The molecule has 0 rings (SSSR count). The molecule has 0 aromatic rings. The van der Waals surface area contributed by atoms with Gasteiger partial charge in [0.1, 0.15) is 6.61 Å². The molecule has 1 atom stereocenters. The minimum atomic E-state index is -0.534. The molecule has 0 fully saturated rings. The number of rotatable bonds is 56. The number of hydrogen-bond donors (Lipinski definition) is 0. The number of esters is 2. The van der Waals surface area contributed by atoms with E-state index in [1.54, 1.807) is 0 Å². The number of allylic oxidation sites excluding steroid dienone is 4. The van der Waals surface area contributed by atoms with Gasteiger partial charge in [0.05, 0.1) is 6.61 Å². The fourth-order valence-corrected chi connectivity index (χ4v) is 8.97. The summed E-state index contributed by atoms with van der Waals surface area (Å²) in [4.78, 5) is 25.5. The molecule has 0 aromatic carbocycles. The van der Waals surface area contributed by atoms with Crippen LogP contribution in [0.1, 0.15) is 329 Å². The van der Waals surface area contributed by atoms with Crippen molar-refractivity contribution in [1.29, 1.82) is 0 Å². The molecular formula is C61H116O5. The van der Waals surface area contributed by atoms with Crippen molar-refractivity contribution in [1.82, 2.24) is 0 Å². The zero-order chi connectivity index (χ0) is 47.7. The molecule has 390 valence electrons. The summed E-state index contributed by atoms with van der Waals surface area (Å²) in [6.07, 6.45) is 69.2. The molecule has 5 nitrogen and oxygen atoms in total. The topological polar surface area (TPSA) is 61.8 Å². The second kappa shape index (κ2) is 57.7. The first kappa shape index (κ1) is 64.4. The molecular weight excluding hydrogens is 813 g/mol. The Morgan fingerprint density at radius 1 is 0.318 bits per heavy atom. The third-order valence-electron chi connectivity index (χ3n) is 13.5. The summed E-state index contributed by atoms with van der Waals surface area (Å²) in [6, 6.07) is 0. The predicted molar refractivity (Wildman–Crippen MR) is 289 cm³/mol. The highest BCUT2D eigenvalue weighted by Gasteiger charge is 2.17. The maximum absolute atomic E-state index is 12.9. The van der Waals surface area contributed by atoms with Gasteiger partial charge in [-0.05, 0) is 70.6 Å². The van der Waals surface area contributed by atoms with Gasteiger partial charge < -0.3 is 14.2 Å². The third-order valence-corrected chi connectivity index (χ3v) is 13.5. The molecule has 0 bridgehead atoms. The van der Waals surface area contributed by atoms with Crippen LogP contribution >= 0.6 is 0 Å². The Kier molecular flexibility index (Phi) is 56.3. The molecule has 1 unspecified atom stereocenters. The molecule has 0 saturated carbocycles. The first-order valence-electron chi connectivity index (χ1n) is 29.9. The fraction of sp³-hybridized carbons (Fsp3) is 0.902. The number of carbonyl (C=O) groups excluding carboxylic acids is 2. The van der Waals surface area contributed by atoms with Crippen molar-refractivity contribution in [2.75, 3.05) is 19.8 Å². The Morgan fingerprint density at radius 3 is 0.924 bits per heavy atom. The van der Waals surface area contributed by atoms with E-state index in [2.05, 4.69) is 45.1 Å². The van der Waals surface area contributed by atoms with Gasteiger partial charge in [0.25, 0.3) is 0 Å². The van der Waals surface area contributed by atoms with Crippen LogP contribution in [0.4, 0.5) is 0 Å². The lowest BCUT2D eigenvalue weighted by Gasteiger charge is -2.18. The summed E-state index contributed by atoms with van der Waals surface area (Å²) >= 11 is 0. The molecule has 0 amide bonds. The zero-order valence-corrected chi connectivity index (χ0v) is 45.0. The molecule has 0 aliphatic rings. The van der Waals surface area contributed by atoms with E-state index in [9.17, 15) is 9.59 Å². The molecule has 0 aromatic heterocycles. The SMILES string of the molecule is CCCCCCCC/C=C\CCCCCCCCCCCCOCC(COC(=O)CCCCCCC/C=C\CCCCCCCC)OC(=O)CCCCCCCCCCCCCCCCC. The van der Waals surface area contributed by atoms with Crippen LogP contribution in [0.15, 0.2) is 24.3 Å². The average molecular weight is 930 g/mol. The Hall–Kier alpha value is -1.62. The largest absolute Gasteiger partial charge is 0.462 e. The van der Waals surface area contributed by atoms with E-state index in [4.69, 9.17) is 14.2 Å². The van der Waals surface area contributed by atoms with Gasteiger partial charge in [-0.3, -0.25) is 9.59 Å². The summed E-state index contributed by atoms with van der Waals surface area (Å²) in [5, 5.41) is 0. The van der Waals surface area contributed by atoms with Gasteiger partial charge in [0, 0.05) is 19.4 Å². The van der Waals surface area contributed by atoms with Crippen molar-refractivity contribution in [3.8, 4) is 0 Å².